The van der Waals surface area contributed by atoms with Crippen molar-refractivity contribution in [1.29, 1.82) is 0 Å². The van der Waals surface area contributed by atoms with Crippen LogP contribution in [0.1, 0.15) is 31.4 Å². The van der Waals surface area contributed by atoms with E-state index in [4.69, 9.17) is 16.3 Å². The van der Waals surface area contributed by atoms with E-state index in [0.717, 1.165) is 0 Å². The number of hydrogen-bond acceptors (Lipinski definition) is 3. The molecule has 1 aliphatic rings. The molecule has 0 fully saturated rings. The lowest BCUT2D eigenvalue weighted by Gasteiger charge is -2.28. The first-order valence-corrected chi connectivity index (χ1v) is 8.41. The molecule has 1 atom stereocenters. The molecule has 2 N–H and O–H groups in total. The molecule has 0 heterocycles. The van der Waals surface area contributed by atoms with Crippen LogP contribution in [0.25, 0.3) is 11.1 Å². The molecule has 0 aromatic heterocycles. The van der Waals surface area contributed by atoms with Crippen LogP contribution in [-0.2, 0) is 5.60 Å². The van der Waals surface area contributed by atoms with Gasteiger partial charge in [0.2, 0.25) is 5.60 Å². The SMILES string of the molecule is CC(C)(O)CCOc1cc(Cl)c2c(c1)[C@@](O)(C(F)(F)F)c1ccccc1-2. The molecule has 2 aromatic rings. The first-order valence-electron chi connectivity index (χ1n) is 8.03. The molecular formula is C19H18ClF3O3. The molecule has 0 unspecified atom stereocenters. The van der Waals surface area contributed by atoms with E-state index in [1.165, 1.54) is 30.3 Å². The number of halogens is 4. The van der Waals surface area contributed by atoms with Gasteiger partial charge in [0.15, 0.2) is 0 Å². The molecule has 26 heavy (non-hydrogen) atoms. The monoisotopic (exact) mass is 386 g/mol. The summed E-state index contributed by atoms with van der Waals surface area (Å²) in [6.07, 6.45) is -4.64. The Morgan fingerprint density at radius 1 is 1.12 bits per heavy atom. The van der Waals surface area contributed by atoms with Crippen molar-refractivity contribution in [2.24, 2.45) is 0 Å². The number of rotatable bonds is 4. The minimum atomic E-state index is -4.93. The molecule has 0 saturated heterocycles. The van der Waals surface area contributed by atoms with Crippen molar-refractivity contribution in [3.8, 4) is 16.9 Å². The smallest absolute Gasteiger partial charge is 0.425 e. The topological polar surface area (TPSA) is 49.7 Å². The van der Waals surface area contributed by atoms with Crippen molar-refractivity contribution in [2.75, 3.05) is 6.61 Å². The van der Waals surface area contributed by atoms with Crippen LogP contribution in [0.15, 0.2) is 36.4 Å². The fourth-order valence-electron chi connectivity index (χ4n) is 3.11. The maximum Gasteiger partial charge on any atom is 0.425 e. The largest absolute Gasteiger partial charge is 0.493 e. The highest BCUT2D eigenvalue weighted by Gasteiger charge is 2.61. The van der Waals surface area contributed by atoms with E-state index in [1.807, 2.05) is 0 Å². The lowest BCUT2D eigenvalue weighted by atomic mass is 9.90. The Balaban J connectivity index is 2.09. The zero-order valence-electron chi connectivity index (χ0n) is 14.2. The van der Waals surface area contributed by atoms with Gasteiger partial charge in [0, 0.05) is 23.1 Å². The normalized spacial score (nSPS) is 19.2. The summed E-state index contributed by atoms with van der Waals surface area (Å²) in [4.78, 5) is 0. The van der Waals surface area contributed by atoms with Crippen LogP contribution in [0.2, 0.25) is 5.02 Å². The zero-order chi connectivity index (χ0) is 19.3. The van der Waals surface area contributed by atoms with E-state index in [2.05, 4.69) is 0 Å². The third-order valence-corrected chi connectivity index (χ3v) is 4.73. The first-order chi connectivity index (χ1) is 11.9. The van der Waals surface area contributed by atoms with Crippen LogP contribution in [0.3, 0.4) is 0 Å². The van der Waals surface area contributed by atoms with Gasteiger partial charge in [-0.05, 0) is 31.5 Å². The summed E-state index contributed by atoms with van der Waals surface area (Å²) >= 11 is 6.24. The van der Waals surface area contributed by atoms with Gasteiger partial charge in [0.05, 0.1) is 17.2 Å². The van der Waals surface area contributed by atoms with Crippen molar-refractivity contribution in [3.05, 3.63) is 52.5 Å². The van der Waals surface area contributed by atoms with Gasteiger partial charge < -0.3 is 14.9 Å². The number of benzene rings is 2. The first kappa shape index (κ1) is 19.0. The predicted molar refractivity (Wildman–Crippen MR) is 92.4 cm³/mol. The molecule has 2 aromatic carbocycles. The maximum absolute atomic E-state index is 13.8. The summed E-state index contributed by atoms with van der Waals surface area (Å²) in [5, 5.41) is 20.4. The molecule has 0 bridgehead atoms. The van der Waals surface area contributed by atoms with E-state index < -0.39 is 17.4 Å². The second-order valence-corrected chi connectivity index (χ2v) is 7.40. The fourth-order valence-corrected chi connectivity index (χ4v) is 3.42. The molecule has 3 nitrogen and oxygen atoms in total. The Hall–Kier alpha value is -1.76. The van der Waals surface area contributed by atoms with Crippen molar-refractivity contribution < 1.29 is 28.1 Å². The third kappa shape index (κ3) is 3.06. The van der Waals surface area contributed by atoms with Crippen LogP contribution >= 0.6 is 11.6 Å². The Morgan fingerprint density at radius 2 is 1.77 bits per heavy atom. The van der Waals surface area contributed by atoms with E-state index >= 15 is 0 Å². The number of hydrogen-bond donors (Lipinski definition) is 2. The van der Waals surface area contributed by atoms with Gasteiger partial charge in [-0.3, -0.25) is 0 Å². The number of fused-ring (bicyclic) bond motifs is 3. The molecule has 0 aliphatic heterocycles. The van der Waals surface area contributed by atoms with Gasteiger partial charge in [-0.15, -0.1) is 0 Å². The predicted octanol–water partition coefficient (Wildman–Crippen LogP) is 4.66. The average molecular weight is 387 g/mol. The summed E-state index contributed by atoms with van der Waals surface area (Å²) in [7, 11) is 0. The minimum absolute atomic E-state index is 0.0633. The Kier molecular flexibility index (Phi) is 4.50. The fraction of sp³-hybridized carbons (Fsp3) is 0.368. The Morgan fingerprint density at radius 3 is 2.38 bits per heavy atom. The highest BCUT2D eigenvalue weighted by molar-refractivity contribution is 6.34. The Labute approximate surface area is 154 Å². The van der Waals surface area contributed by atoms with E-state index in [0.29, 0.717) is 0 Å². The van der Waals surface area contributed by atoms with E-state index in [1.54, 1.807) is 19.9 Å². The zero-order valence-corrected chi connectivity index (χ0v) is 14.9. The maximum atomic E-state index is 13.8. The number of ether oxygens (including phenoxy) is 1. The van der Waals surface area contributed by atoms with Crippen LogP contribution in [-0.4, -0.2) is 28.6 Å². The van der Waals surface area contributed by atoms with Crippen molar-refractivity contribution in [2.45, 2.75) is 37.6 Å². The highest BCUT2D eigenvalue weighted by atomic mass is 35.5. The number of alkyl halides is 3. The average Bonchev–Trinajstić information content (AvgIpc) is 2.77. The lowest BCUT2D eigenvalue weighted by molar-refractivity contribution is -0.246. The molecule has 0 radical (unpaired) electrons. The van der Waals surface area contributed by atoms with Gasteiger partial charge in [-0.1, -0.05) is 35.9 Å². The van der Waals surface area contributed by atoms with Gasteiger partial charge in [-0.2, -0.15) is 13.2 Å². The summed E-state index contributed by atoms with van der Waals surface area (Å²) in [6, 6.07) is 8.36. The summed E-state index contributed by atoms with van der Waals surface area (Å²) < 4.78 is 46.9. The summed E-state index contributed by atoms with van der Waals surface area (Å²) in [5.41, 5.74) is -4.33. The molecule has 7 heteroatoms. The standard InChI is InChI=1S/C19H18ClF3O3/c1-17(2,24)7-8-26-11-9-14-16(15(20)10-11)12-5-3-4-6-13(12)18(14,25)19(21,22)23/h3-6,9-10,24-25H,7-8H2,1-2H3/t18-/m1/s1. The second kappa shape index (κ2) is 6.15. The molecule has 3 rings (SSSR count). The lowest BCUT2D eigenvalue weighted by Crippen LogP contribution is -2.41. The quantitative estimate of drug-likeness (QED) is 0.803. The molecule has 0 spiro atoms. The van der Waals surface area contributed by atoms with E-state index in [9.17, 15) is 23.4 Å². The molecule has 140 valence electrons. The third-order valence-electron chi connectivity index (χ3n) is 4.43. The number of aliphatic hydroxyl groups is 2. The van der Waals surface area contributed by atoms with Crippen LogP contribution in [0, 0.1) is 0 Å². The highest BCUT2D eigenvalue weighted by Crippen LogP contribution is 2.57. The summed E-state index contributed by atoms with van der Waals surface area (Å²) in [5.74, 6) is 0.105. The molecular weight excluding hydrogens is 369 g/mol. The van der Waals surface area contributed by atoms with Crippen LogP contribution in [0.4, 0.5) is 13.2 Å². The summed E-state index contributed by atoms with van der Waals surface area (Å²) in [6.45, 7) is 3.30. The molecule has 1 aliphatic carbocycles. The van der Waals surface area contributed by atoms with Gasteiger partial charge in [0.1, 0.15) is 5.75 Å². The van der Waals surface area contributed by atoms with E-state index in [-0.39, 0.29) is 46.1 Å². The van der Waals surface area contributed by atoms with Gasteiger partial charge in [-0.25, -0.2) is 0 Å². The molecule has 0 saturated carbocycles. The van der Waals surface area contributed by atoms with Crippen LogP contribution in [0.5, 0.6) is 5.75 Å². The second-order valence-electron chi connectivity index (χ2n) is 6.99. The van der Waals surface area contributed by atoms with Gasteiger partial charge in [0.25, 0.3) is 0 Å². The van der Waals surface area contributed by atoms with Crippen molar-refractivity contribution in [3.63, 3.8) is 0 Å². The minimum Gasteiger partial charge on any atom is -0.493 e. The van der Waals surface area contributed by atoms with Gasteiger partial charge >= 0.3 is 6.18 Å². The molecule has 0 amide bonds. The Bertz CT molecular complexity index is 843. The van der Waals surface area contributed by atoms with Crippen molar-refractivity contribution in [1.82, 2.24) is 0 Å². The van der Waals surface area contributed by atoms with Crippen LogP contribution < -0.4 is 4.74 Å². The van der Waals surface area contributed by atoms with Crippen molar-refractivity contribution >= 4 is 11.6 Å².